The lowest BCUT2D eigenvalue weighted by molar-refractivity contribution is -0.123. The zero-order chi connectivity index (χ0) is 20.8. The van der Waals surface area contributed by atoms with Gasteiger partial charge in [0.15, 0.2) is 12.6 Å². The van der Waals surface area contributed by atoms with Crippen LogP contribution < -0.4 is 20.3 Å². The molecule has 1 heterocycles. The second kappa shape index (κ2) is 11.4. The van der Waals surface area contributed by atoms with Crippen LogP contribution in [0.1, 0.15) is 30.9 Å². The van der Waals surface area contributed by atoms with Crippen molar-refractivity contribution in [2.45, 2.75) is 38.6 Å². The number of carbonyl (C=O) groups is 1. The average molecular weight is 534 g/mol. The van der Waals surface area contributed by atoms with E-state index in [0.717, 1.165) is 50.5 Å². The van der Waals surface area contributed by atoms with Crippen LogP contribution in [0.15, 0.2) is 53.5 Å². The molecule has 0 bridgehead atoms. The van der Waals surface area contributed by atoms with Crippen molar-refractivity contribution in [2.75, 3.05) is 31.1 Å². The second-order valence-electron chi connectivity index (χ2n) is 7.79. The van der Waals surface area contributed by atoms with Crippen LogP contribution in [0.4, 0.5) is 5.69 Å². The number of hydrogen-bond acceptors (Lipinski definition) is 3. The van der Waals surface area contributed by atoms with Crippen LogP contribution in [0.25, 0.3) is 0 Å². The van der Waals surface area contributed by atoms with Crippen LogP contribution in [0, 0.1) is 0 Å². The number of nitrogens with one attached hydrogen (secondary N) is 2. The highest BCUT2D eigenvalue weighted by molar-refractivity contribution is 14.0. The Morgan fingerprint density at radius 3 is 2.68 bits per heavy atom. The first kappa shape index (κ1) is 23.4. The van der Waals surface area contributed by atoms with E-state index >= 15 is 0 Å². The van der Waals surface area contributed by atoms with Gasteiger partial charge >= 0.3 is 0 Å². The number of hydrogen-bond donors (Lipinski definition) is 2. The Morgan fingerprint density at radius 1 is 1.16 bits per heavy atom. The van der Waals surface area contributed by atoms with Crippen LogP contribution in [-0.4, -0.2) is 44.1 Å². The summed E-state index contributed by atoms with van der Waals surface area (Å²) in [5, 5.41) is 6.35. The van der Waals surface area contributed by atoms with Crippen molar-refractivity contribution in [1.82, 2.24) is 10.6 Å². The van der Waals surface area contributed by atoms with E-state index in [0.29, 0.717) is 12.6 Å². The molecule has 1 aliphatic heterocycles. The van der Waals surface area contributed by atoms with Crippen molar-refractivity contribution in [1.29, 1.82) is 0 Å². The zero-order valence-corrected chi connectivity index (χ0v) is 20.3. The molecule has 2 aliphatic rings. The normalized spacial score (nSPS) is 15.1. The smallest absolute Gasteiger partial charge is 0.258 e. The van der Waals surface area contributed by atoms with Crippen LogP contribution in [-0.2, 0) is 17.6 Å². The van der Waals surface area contributed by atoms with Gasteiger partial charge in [-0.15, -0.1) is 24.0 Å². The molecule has 0 aromatic heterocycles. The van der Waals surface area contributed by atoms with Gasteiger partial charge in [-0.25, -0.2) is 0 Å². The molecule has 6 nitrogen and oxygen atoms in total. The minimum Gasteiger partial charge on any atom is -0.484 e. The van der Waals surface area contributed by atoms with E-state index in [-0.39, 0.29) is 36.5 Å². The average Bonchev–Trinajstić information content (AvgIpc) is 3.47. The third-order valence-electron chi connectivity index (χ3n) is 5.38. The van der Waals surface area contributed by atoms with Crippen LogP contribution >= 0.6 is 24.0 Å². The monoisotopic (exact) mass is 534 g/mol. The molecular formula is C24H31IN4O2. The van der Waals surface area contributed by atoms with Gasteiger partial charge in [-0.3, -0.25) is 9.79 Å². The molecular weight excluding hydrogens is 503 g/mol. The molecule has 1 fully saturated rings. The molecule has 0 saturated heterocycles. The largest absolute Gasteiger partial charge is 0.484 e. The van der Waals surface area contributed by atoms with Gasteiger partial charge in [0.25, 0.3) is 5.91 Å². The van der Waals surface area contributed by atoms with Crippen molar-refractivity contribution in [3.8, 4) is 5.75 Å². The molecule has 31 heavy (non-hydrogen) atoms. The number of benzene rings is 2. The van der Waals surface area contributed by atoms with Gasteiger partial charge in [-0.1, -0.05) is 30.3 Å². The highest BCUT2D eigenvalue weighted by Gasteiger charge is 2.23. The van der Waals surface area contributed by atoms with E-state index < -0.39 is 0 Å². The summed E-state index contributed by atoms with van der Waals surface area (Å²) in [6, 6.07) is 16.8. The van der Waals surface area contributed by atoms with E-state index in [1.165, 1.54) is 16.8 Å². The van der Waals surface area contributed by atoms with Gasteiger partial charge in [0.1, 0.15) is 5.75 Å². The number of halogens is 1. The Kier molecular flexibility index (Phi) is 8.57. The molecule has 1 amide bonds. The van der Waals surface area contributed by atoms with Crippen LogP contribution in [0.3, 0.4) is 0 Å². The van der Waals surface area contributed by atoms with Crippen molar-refractivity contribution < 1.29 is 9.53 Å². The zero-order valence-electron chi connectivity index (χ0n) is 18.0. The summed E-state index contributed by atoms with van der Waals surface area (Å²) in [4.78, 5) is 18.8. The van der Waals surface area contributed by atoms with Gasteiger partial charge < -0.3 is 20.3 Å². The molecule has 2 N–H and O–H groups in total. The number of rotatable bonds is 8. The lowest BCUT2D eigenvalue weighted by Crippen LogP contribution is -2.40. The van der Waals surface area contributed by atoms with E-state index in [9.17, 15) is 4.79 Å². The van der Waals surface area contributed by atoms with E-state index in [4.69, 9.17) is 9.73 Å². The number of fused-ring (bicyclic) bond motifs is 1. The molecule has 0 radical (unpaired) electrons. The van der Waals surface area contributed by atoms with Gasteiger partial charge in [0.05, 0.1) is 0 Å². The Bertz CT molecular complexity index is 897. The molecule has 2 aromatic carbocycles. The number of anilines is 1. The van der Waals surface area contributed by atoms with Crippen molar-refractivity contribution in [2.24, 2.45) is 4.99 Å². The molecule has 7 heteroatoms. The van der Waals surface area contributed by atoms with E-state index in [1.54, 1.807) is 0 Å². The fraction of sp³-hybridized carbons (Fsp3) is 0.417. The summed E-state index contributed by atoms with van der Waals surface area (Å²) in [5.74, 6) is 1.62. The van der Waals surface area contributed by atoms with Crippen molar-refractivity contribution in [3.05, 3.63) is 59.7 Å². The van der Waals surface area contributed by atoms with E-state index in [2.05, 4.69) is 46.7 Å². The highest BCUT2D eigenvalue weighted by Crippen LogP contribution is 2.27. The van der Waals surface area contributed by atoms with Gasteiger partial charge in [-0.2, -0.15) is 0 Å². The molecule has 2 aromatic rings. The van der Waals surface area contributed by atoms with E-state index in [1.807, 2.05) is 24.3 Å². The Labute approximate surface area is 201 Å². The fourth-order valence-electron chi connectivity index (χ4n) is 3.64. The maximum atomic E-state index is 11.7. The number of carbonyl (C=O) groups excluding carboxylic acids is 1. The summed E-state index contributed by atoms with van der Waals surface area (Å²) in [5.41, 5.74) is 3.83. The first-order valence-electron chi connectivity index (χ1n) is 10.9. The summed E-state index contributed by atoms with van der Waals surface area (Å²) in [6.45, 7) is 4.69. The van der Waals surface area contributed by atoms with Crippen LogP contribution in [0.5, 0.6) is 5.75 Å². The summed E-state index contributed by atoms with van der Waals surface area (Å²) in [6.07, 6.45) is 4.08. The number of aliphatic imine (C=N–C) groups is 1. The first-order chi connectivity index (χ1) is 14.7. The third-order valence-corrected chi connectivity index (χ3v) is 5.38. The number of nitrogens with zero attached hydrogens (tertiary/aromatic N) is 2. The lowest BCUT2D eigenvalue weighted by atomic mass is 10.1. The van der Waals surface area contributed by atoms with Gasteiger partial charge in [0, 0.05) is 31.4 Å². The number of ether oxygens (including phenoxy) is 1. The quantitative estimate of drug-likeness (QED) is 0.309. The third kappa shape index (κ3) is 6.59. The maximum absolute atomic E-state index is 11.7. The molecule has 1 saturated carbocycles. The summed E-state index contributed by atoms with van der Waals surface area (Å²) >= 11 is 0. The topological polar surface area (TPSA) is 66.0 Å². The van der Waals surface area contributed by atoms with Crippen LogP contribution in [0.2, 0.25) is 0 Å². The molecule has 1 aliphatic carbocycles. The minimum atomic E-state index is -0.0460. The minimum absolute atomic E-state index is 0. The molecule has 4 rings (SSSR count). The van der Waals surface area contributed by atoms with Gasteiger partial charge in [-0.05, 0) is 61.9 Å². The van der Waals surface area contributed by atoms with Crippen molar-refractivity contribution >= 4 is 41.5 Å². The Balaban J connectivity index is 0.00000272. The standard InChI is InChI=1S/C24H30N4O2.HI/c1-2-25-24(28-16-14-19-5-3-4-6-22(19)28)26-15-13-18-7-11-21(12-8-18)30-17-23(29)27-20-9-10-20;/h3-8,11-12,20H,2,9-10,13-17H2,1H3,(H,25,26)(H,27,29);1H. The predicted octanol–water partition coefficient (Wildman–Crippen LogP) is 3.53. The number of amides is 1. The number of guanidine groups is 1. The fourth-order valence-corrected chi connectivity index (χ4v) is 3.64. The lowest BCUT2D eigenvalue weighted by Gasteiger charge is -2.22. The summed E-state index contributed by atoms with van der Waals surface area (Å²) < 4.78 is 5.57. The molecule has 0 atom stereocenters. The SMILES string of the molecule is CCNC(=NCCc1ccc(OCC(=O)NC2CC2)cc1)N1CCc2ccccc21.I. The maximum Gasteiger partial charge on any atom is 0.258 e. The van der Waals surface area contributed by atoms with Gasteiger partial charge in [0.2, 0.25) is 0 Å². The molecule has 0 unspecified atom stereocenters. The second-order valence-corrected chi connectivity index (χ2v) is 7.79. The molecule has 166 valence electrons. The first-order valence-corrected chi connectivity index (χ1v) is 10.9. The number of para-hydroxylation sites is 1. The summed E-state index contributed by atoms with van der Waals surface area (Å²) in [7, 11) is 0. The highest BCUT2D eigenvalue weighted by atomic mass is 127. The Hall–Kier alpha value is -2.29. The van der Waals surface area contributed by atoms with Crippen molar-refractivity contribution in [3.63, 3.8) is 0 Å². The predicted molar refractivity (Wildman–Crippen MR) is 136 cm³/mol. The molecule has 0 spiro atoms. The Morgan fingerprint density at radius 2 is 1.94 bits per heavy atom.